The lowest BCUT2D eigenvalue weighted by Gasteiger charge is -2.33. The maximum absolute atomic E-state index is 15.8. The van der Waals surface area contributed by atoms with Gasteiger partial charge in [0.25, 0.3) is 0 Å². The van der Waals surface area contributed by atoms with E-state index >= 15 is 8.78 Å². The van der Waals surface area contributed by atoms with Gasteiger partial charge in [0.05, 0.1) is 17.1 Å². The molecular formula is C21H23F2N3O4. The molecule has 2 saturated heterocycles. The summed E-state index contributed by atoms with van der Waals surface area (Å²) in [6, 6.07) is 1.21. The fourth-order valence-corrected chi connectivity index (χ4v) is 5.09. The van der Waals surface area contributed by atoms with Gasteiger partial charge in [0, 0.05) is 25.2 Å². The molecule has 5 rings (SSSR count). The maximum atomic E-state index is 15.8. The van der Waals surface area contributed by atoms with Crippen molar-refractivity contribution in [2.45, 2.75) is 37.8 Å². The summed E-state index contributed by atoms with van der Waals surface area (Å²) in [5.41, 5.74) is -0.922. The summed E-state index contributed by atoms with van der Waals surface area (Å²) >= 11 is 0. The molecule has 1 saturated carbocycles. The molecule has 160 valence electrons. The summed E-state index contributed by atoms with van der Waals surface area (Å²) < 4.78 is 37.0. The van der Waals surface area contributed by atoms with Crippen LogP contribution in [-0.2, 0) is 0 Å². The van der Waals surface area contributed by atoms with Crippen molar-refractivity contribution >= 4 is 22.7 Å². The van der Waals surface area contributed by atoms with Crippen molar-refractivity contribution in [1.82, 2.24) is 9.47 Å². The molecule has 0 bridgehead atoms. The number of hydrogen-bond donors (Lipinski definition) is 1. The first-order valence-corrected chi connectivity index (χ1v) is 10.3. The minimum atomic E-state index is -1.64. The van der Waals surface area contributed by atoms with Crippen molar-refractivity contribution in [3.63, 3.8) is 0 Å². The van der Waals surface area contributed by atoms with Crippen LogP contribution in [0.5, 0.6) is 5.75 Å². The Kier molecular flexibility index (Phi) is 4.46. The third-order valence-electron chi connectivity index (χ3n) is 6.66. The Morgan fingerprint density at radius 3 is 2.67 bits per heavy atom. The largest absolute Gasteiger partial charge is 0.511 e. The summed E-state index contributed by atoms with van der Waals surface area (Å²) in [6.45, 7) is 2.09. The number of ether oxygens (including phenoxy) is 1. The second kappa shape index (κ2) is 6.94. The third kappa shape index (κ3) is 3.03. The van der Waals surface area contributed by atoms with E-state index in [1.807, 2.05) is 7.05 Å². The molecule has 2 aromatic rings. The number of carbonyl (C=O) groups is 1. The second-order valence-corrected chi connectivity index (χ2v) is 8.60. The lowest BCUT2D eigenvalue weighted by atomic mass is 9.93. The first kappa shape index (κ1) is 19.3. The molecule has 30 heavy (non-hydrogen) atoms. The number of pyridine rings is 1. The van der Waals surface area contributed by atoms with Gasteiger partial charge in [-0.15, -0.1) is 0 Å². The zero-order valence-electron chi connectivity index (χ0n) is 16.6. The zero-order chi connectivity index (χ0) is 21.2. The highest BCUT2D eigenvalue weighted by atomic mass is 19.1. The predicted octanol–water partition coefficient (Wildman–Crippen LogP) is 3.20. The number of anilines is 1. The Morgan fingerprint density at radius 2 is 2.00 bits per heavy atom. The van der Waals surface area contributed by atoms with E-state index in [4.69, 9.17) is 5.11 Å². The van der Waals surface area contributed by atoms with Gasteiger partial charge in [0.1, 0.15) is 11.5 Å². The molecule has 3 heterocycles. The minimum Gasteiger partial charge on any atom is -0.449 e. The molecule has 0 amide bonds. The second-order valence-electron chi connectivity index (χ2n) is 8.60. The van der Waals surface area contributed by atoms with Crippen LogP contribution < -0.4 is 15.1 Å². The number of benzene rings is 1. The van der Waals surface area contributed by atoms with Crippen molar-refractivity contribution in [2.75, 3.05) is 31.6 Å². The van der Waals surface area contributed by atoms with Crippen LogP contribution in [0.4, 0.5) is 19.3 Å². The fourth-order valence-electron chi connectivity index (χ4n) is 5.09. The van der Waals surface area contributed by atoms with E-state index in [0.29, 0.717) is 19.0 Å². The zero-order valence-corrected chi connectivity index (χ0v) is 16.6. The number of carboxylic acid groups (broad SMARTS) is 1. The number of hydrogen-bond acceptors (Lipinski definition) is 5. The van der Waals surface area contributed by atoms with E-state index in [1.165, 1.54) is 10.8 Å². The summed E-state index contributed by atoms with van der Waals surface area (Å²) in [5, 5.41) is 8.70. The van der Waals surface area contributed by atoms with Crippen molar-refractivity contribution in [2.24, 2.45) is 5.92 Å². The van der Waals surface area contributed by atoms with E-state index in [0.717, 1.165) is 38.3 Å². The molecular weight excluding hydrogens is 396 g/mol. The molecule has 3 aliphatic rings. The molecule has 9 heteroatoms. The maximum Gasteiger partial charge on any atom is 0.511 e. The van der Waals surface area contributed by atoms with Gasteiger partial charge in [-0.25, -0.2) is 13.6 Å². The highest BCUT2D eigenvalue weighted by Gasteiger charge is 2.40. The van der Waals surface area contributed by atoms with Crippen LogP contribution in [0.1, 0.15) is 31.7 Å². The third-order valence-corrected chi connectivity index (χ3v) is 6.66. The number of rotatable bonds is 3. The first-order valence-electron chi connectivity index (χ1n) is 10.3. The number of aromatic nitrogens is 1. The predicted molar refractivity (Wildman–Crippen MR) is 106 cm³/mol. The van der Waals surface area contributed by atoms with Crippen molar-refractivity contribution in [3.05, 3.63) is 34.1 Å². The molecule has 0 spiro atoms. The standard InChI is InChI=1S/C21H23F2N3O4/c1-24-6-2-3-11-8-25(9-15(11)24)19-14(22)7-13-18(17(19)23)26(12-4-5-12)10-16(20(13)27)30-21(28)29/h7,10-12,15H,2-6,8-9H2,1H3,(H,28,29)/t11-,15+/m0/s1. The van der Waals surface area contributed by atoms with Gasteiger partial charge < -0.3 is 24.2 Å². The van der Waals surface area contributed by atoms with E-state index in [1.54, 1.807) is 4.90 Å². The Morgan fingerprint density at radius 1 is 1.23 bits per heavy atom. The summed E-state index contributed by atoms with van der Waals surface area (Å²) in [6.07, 6.45) is 3.24. The minimum absolute atomic E-state index is 0.0138. The normalized spacial score (nSPS) is 24.3. The molecule has 1 aromatic carbocycles. The lowest BCUT2D eigenvalue weighted by Crippen LogP contribution is -2.42. The summed E-state index contributed by atoms with van der Waals surface area (Å²) in [4.78, 5) is 27.6. The average molecular weight is 419 g/mol. The Hall–Kier alpha value is -2.68. The molecule has 3 fully saturated rings. The monoisotopic (exact) mass is 419 g/mol. The van der Waals surface area contributed by atoms with Gasteiger partial charge >= 0.3 is 6.16 Å². The molecule has 2 aliphatic heterocycles. The highest BCUT2D eigenvalue weighted by molar-refractivity contribution is 5.86. The summed E-state index contributed by atoms with van der Waals surface area (Å²) in [5.74, 6) is -1.66. The quantitative estimate of drug-likeness (QED) is 0.771. The number of halogens is 2. The van der Waals surface area contributed by atoms with Crippen molar-refractivity contribution in [1.29, 1.82) is 0 Å². The van der Waals surface area contributed by atoms with Gasteiger partial charge in [-0.2, -0.15) is 0 Å². The lowest BCUT2D eigenvalue weighted by molar-refractivity contribution is 0.143. The van der Waals surface area contributed by atoms with Crippen LogP contribution in [0.3, 0.4) is 0 Å². The van der Waals surface area contributed by atoms with Crippen molar-refractivity contribution < 1.29 is 23.4 Å². The average Bonchev–Trinajstić information content (AvgIpc) is 3.43. The molecule has 0 radical (unpaired) electrons. The van der Waals surface area contributed by atoms with Crippen LogP contribution in [0.25, 0.3) is 10.9 Å². The van der Waals surface area contributed by atoms with E-state index in [-0.39, 0.29) is 28.7 Å². The number of likely N-dealkylation sites (N-methyl/N-ethyl adjacent to an activating group) is 1. The number of likely N-dealkylation sites (tertiary alicyclic amines) is 1. The first-order chi connectivity index (χ1) is 14.3. The molecule has 2 atom stereocenters. The molecule has 1 aromatic heterocycles. The number of fused-ring (bicyclic) bond motifs is 2. The smallest absolute Gasteiger partial charge is 0.449 e. The molecule has 0 unspecified atom stereocenters. The van der Waals surface area contributed by atoms with E-state index in [9.17, 15) is 9.59 Å². The summed E-state index contributed by atoms with van der Waals surface area (Å²) in [7, 11) is 2.04. The van der Waals surface area contributed by atoms with E-state index < -0.39 is 29.0 Å². The molecule has 7 nitrogen and oxygen atoms in total. The number of nitrogens with zero attached hydrogens (tertiary/aromatic N) is 3. The van der Waals surface area contributed by atoms with Gasteiger partial charge in [0.15, 0.2) is 11.6 Å². The Labute approximate surface area is 171 Å². The van der Waals surface area contributed by atoms with E-state index in [2.05, 4.69) is 9.64 Å². The van der Waals surface area contributed by atoms with Crippen LogP contribution >= 0.6 is 0 Å². The van der Waals surface area contributed by atoms with Gasteiger partial charge in [-0.05, 0) is 51.3 Å². The number of piperidine rings is 1. The highest BCUT2D eigenvalue weighted by Crippen LogP contribution is 2.41. The van der Waals surface area contributed by atoms with Crippen LogP contribution in [0, 0.1) is 17.6 Å². The van der Waals surface area contributed by atoms with Gasteiger partial charge in [-0.1, -0.05) is 0 Å². The van der Waals surface area contributed by atoms with Gasteiger partial charge in [-0.3, -0.25) is 4.79 Å². The molecule has 1 N–H and O–H groups in total. The SMILES string of the molecule is CN1CCC[C@H]2CN(c3c(F)cc4c(=O)c(OC(=O)O)cn(C5CC5)c4c3F)C[C@H]21. The fraction of sp³-hybridized carbons (Fsp3) is 0.524. The van der Waals surface area contributed by atoms with Crippen LogP contribution in [-0.4, -0.2) is 53.5 Å². The van der Waals surface area contributed by atoms with Crippen molar-refractivity contribution in [3.8, 4) is 5.75 Å². The van der Waals surface area contributed by atoms with Crippen LogP contribution in [0.15, 0.2) is 17.1 Å². The van der Waals surface area contributed by atoms with Crippen LogP contribution in [0.2, 0.25) is 0 Å². The van der Waals surface area contributed by atoms with Gasteiger partial charge in [0.2, 0.25) is 5.43 Å². The Balaban J connectivity index is 1.65. The topological polar surface area (TPSA) is 75.0 Å². The molecule has 1 aliphatic carbocycles. The Bertz CT molecular complexity index is 1100.